The molecule has 0 radical (unpaired) electrons. The van der Waals surface area contributed by atoms with Crippen molar-refractivity contribution in [3.8, 4) is 0 Å². The Labute approximate surface area is 142 Å². The maximum Gasteiger partial charge on any atom is 0.245 e. The van der Waals surface area contributed by atoms with Gasteiger partial charge in [-0.1, -0.05) is 15.9 Å². The van der Waals surface area contributed by atoms with Crippen molar-refractivity contribution in [2.45, 2.75) is 0 Å². The van der Waals surface area contributed by atoms with E-state index in [0.29, 0.717) is 11.4 Å². The van der Waals surface area contributed by atoms with Crippen LogP contribution in [0.2, 0.25) is 0 Å². The molecule has 5 nitrogen and oxygen atoms in total. The van der Waals surface area contributed by atoms with Crippen LogP contribution in [-0.4, -0.2) is 27.1 Å². The van der Waals surface area contributed by atoms with Crippen molar-refractivity contribution in [1.29, 1.82) is 0 Å². The van der Waals surface area contributed by atoms with Crippen LogP contribution in [-0.2, 0) is 14.8 Å². The Morgan fingerprint density at radius 3 is 2.22 bits per heavy atom. The summed E-state index contributed by atoms with van der Waals surface area (Å²) >= 11 is 3.27. The summed E-state index contributed by atoms with van der Waals surface area (Å²) in [6.07, 6.45) is 1.03. The fourth-order valence-electron chi connectivity index (χ4n) is 1.87. The second-order valence-electron chi connectivity index (χ2n) is 4.80. The molecular formula is C15H14BrFN2O3S. The van der Waals surface area contributed by atoms with Gasteiger partial charge in [0.1, 0.15) is 12.4 Å². The first-order chi connectivity index (χ1) is 10.8. The van der Waals surface area contributed by atoms with Crippen LogP contribution in [0.25, 0.3) is 0 Å². The van der Waals surface area contributed by atoms with Crippen LogP contribution in [0.5, 0.6) is 0 Å². The predicted octanol–water partition coefficient (Wildman–Crippen LogP) is 2.99. The molecule has 1 N–H and O–H groups in total. The fraction of sp³-hybridized carbons (Fsp3) is 0.133. The molecule has 0 aliphatic rings. The van der Waals surface area contributed by atoms with Crippen LogP contribution < -0.4 is 9.62 Å². The summed E-state index contributed by atoms with van der Waals surface area (Å²) in [5.41, 5.74) is 0.769. The second kappa shape index (κ2) is 7.10. The van der Waals surface area contributed by atoms with Crippen molar-refractivity contribution in [3.63, 3.8) is 0 Å². The molecule has 2 aromatic carbocycles. The standard InChI is InChI=1S/C15H14BrFN2O3S/c1-23(21,22)19(14-8-2-11(16)3-9-14)10-15(20)18-13-6-4-12(17)5-7-13/h2-9H,10H2,1H3,(H,18,20). The molecule has 2 rings (SSSR count). The SMILES string of the molecule is CS(=O)(=O)N(CC(=O)Nc1ccc(F)cc1)c1ccc(Br)cc1. The third-order valence-corrected chi connectivity index (χ3v) is 4.60. The van der Waals surface area contributed by atoms with Gasteiger partial charge in [-0.15, -0.1) is 0 Å². The number of hydrogen-bond acceptors (Lipinski definition) is 3. The highest BCUT2D eigenvalue weighted by Gasteiger charge is 2.20. The lowest BCUT2D eigenvalue weighted by Crippen LogP contribution is -2.37. The fourth-order valence-corrected chi connectivity index (χ4v) is 2.99. The monoisotopic (exact) mass is 400 g/mol. The van der Waals surface area contributed by atoms with Crippen molar-refractivity contribution in [1.82, 2.24) is 0 Å². The highest BCUT2D eigenvalue weighted by Crippen LogP contribution is 2.20. The van der Waals surface area contributed by atoms with E-state index in [1.165, 1.54) is 24.3 Å². The van der Waals surface area contributed by atoms with Crippen molar-refractivity contribution in [2.24, 2.45) is 0 Å². The Morgan fingerprint density at radius 1 is 1.13 bits per heavy atom. The topological polar surface area (TPSA) is 66.5 Å². The van der Waals surface area contributed by atoms with Crippen molar-refractivity contribution < 1.29 is 17.6 Å². The van der Waals surface area contributed by atoms with Gasteiger partial charge in [0, 0.05) is 10.2 Å². The van der Waals surface area contributed by atoms with Gasteiger partial charge in [-0.05, 0) is 48.5 Å². The van der Waals surface area contributed by atoms with Crippen molar-refractivity contribution in [2.75, 3.05) is 22.4 Å². The minimum absolute atomic E-state index is 0.377. The number of hydrogen-bond donors (Lipinski definition) is 1. The predicted molar refractivity (Wildman–Crippen MR) is 91.4 cm³/mol. The number of anilines is 2. The summed E-state index contributed by atoms with van der Waals surface area (Å²) in [4.78, 5) is 12.1. The van der Waals surface area contributed by atoms with Gasteiger partial charge in [-0.3, -0.25) is 9.10 Å². The zero-order chi connectivity index (χ0) is 17.0. The maximum atomic E-state index is 12.8. The molecule has 0 bridgehead atoms. The van der Waals surface area contributed by atoms with Gasteiger partial charge in [-0.25, -0.2) is 12.8 Å². The van der Waals surface area contributed by atoms with Crippen LogP contribution in [0.1, 0.15) is 0 Å². The number of nitrogens with zero attached hydrogens (tertiary/aromatic N) is 1. The molecule has 0 aliphatic heterocycles. The molecule has 0 spiro atoms. The summed E-state index contributed by atoms with van der Waals surface area (Å²) in [5, 5.41) is 2.53. The van der Waals surface area contributed by atoms with Gasteiger partial charge in [0.05, 0.1) is 11.9 Å². The summed E-state index contributed by atoms with van der Waals surface area (Å²) in [6, 6.07) is 11.8. The minimum Gasteiger partial charge on any atom is -0.325 e. The number of amides is 1. The van der Waals surface area contributed by atoms with E-state index in [-0.39, 0.29) is 6.54 Å². The van der Waals surface area contributed by atoms with Gasteiger partial charge in [-0.2, -0.15) is 0 Å². The van der Waals surface area contributed by atoms with Gasteiger partial charge in [0.25, 0.3) is 0 Å². The summed E-state index contributed by atoms with van der Waals surface area (Å²) in [7, 11) is -3.63. The Kier molecular flexibility index (Phi) is 5.38. The molecule has 23 heavy (non-hydrogen) atoms. The van der Waals surface area contributed by atoms with E-state index < -0.39 is 21.7 Å². The first-order valence-corrected chi connectivity index (χ1v) is 9.18. The number of carbonyl (C=O) groups excluding carboxylic acids is 1. The van der Waals surface area contributed by atoms with E-state index in [1.807, 2.05) is 0 Å². The van der Waals surface area contributed by atoms with Gasteiger partial charge in [0.2, 0.25) is 15.9 Å². The lowest BCUT2D eigenvalue weighted by molar-refractivity contribution is -0.114. The third kappa shape index (κ3) is 5.04. The largest absolute Gasteiger partial charge is 0.325 e. The highest BCUT2D eigenvalue weighted by molar-refractivity contribution is 9.10. The molecule has 2 aromatic rings. The molecule has 0 saturated heterocycles. The number of rotatable bonds is 5. The molecule has 0 saturated carbocycles. The molecule has 0 unspecified atom stereocenters. The molecule has 1 amide bonds. The quantitative estimate of drug-likeness (QED) is 0.838. The number of benzene rings is 2. The van der Waals surface area contributed by atoms with Gasteiger partial charge < -0.3 is 5.32 Å². The zero-order valence-electron chi connectivity index (χ0n) is 12.2. The van der Waals surface area contributed by atoms with E-state index in [2.05, 4.69) is 21.2 Å². The van der Waals surface area contributed by atoms with Crippen LogP contribution in [0.4, 0.5) is 15.8 Å². The van der Waals surface area contributed by atoms with E-state index in [1.54, 1.807) is 24.3 Å². The third-order valence-electron chi connectivity index (χ3n) is 2.93. The Balaban J connectivity index is 2.16. The molecule has 0 atom stereocenters. The van der Waals surface area contributed by atoms with Crippen LogP contribution in [0, 0.1) is 5.82 Å². The summed E-state index contributed by atoms with van der Waals surface area (Å²) in [6.45, 7) is -0.377. The van der Waals surface area contributed by atoms with Crippen LogP contribution in [0.15, 0.2) is 53.0 Å². The van der Waals surface area contributed by atoms with Crippen molar-refractivity contribution >= 4 is 43.2 Å². The van der Waals surface area contributed by atoms with Gasteiger partial charge in [0.15, 0.2) is 0 Å². The first kappa shape index (κ1) is 17.4. The highest BCUT2D eigenvalue weighted by atomic mass is 79.9. The molecule has 0 heterocycles. The molecule has 0 aliphatic carbocycles. The average Bonchev–Trinajstić information content (AvgIpc) is 2.47. The van der Waals surface area contributed by atoms with E-state index in [4.69, 9.17) is 0 Å². The van der Waals surface area contributed by atoms with E-state index >= 15 is 0 Å². The van der Waals surface area contributed by atoms with Crippen LogP contribution in [0.3, 0.4) is 0 Å². The maximum absolute atomic E-state index is 12.8. The Hall–Kier alpha value is -1.93. The summed E-state index contributed by atoms with van der Waals surface area (Å²) < 4.78 is 38.5. The van der Waals surface area contributed by atoms with E-state index in [9.17, 15) is 17.6 Å². The Bertz CT molecular complexity index is 792. The Morgan fingerprint density at radius 2 is 1.70 bits per heavy atom. The second-order valence-corrected chi connectivity index (χ2v) is 7.62. The lowest BCUT2D eigenvalue weighted by atomic mass is 10.3. The lowest BCUT2D eigenvalue weighted by Gasteiger charge is -2.22. The molecule has 0 fully saturated rings. The number of nitrogens with one attached hydrogen (secondary N) is 1. The number of carbonyl (C=O) groups is 1. The smallest absolute Gasteiger partial charge is 0.245 e. The van der Waals surface area contributed by atoms with E-state index in [0.717, 1.165) is 15.0 Å². The number of halogens is 2. The number of sulfonamides is 1. The summed E-state index contributed by atoms with van der Waals surface area (Å²) in [5.74, 6) is -0.944. The zero-order valence-corrected chi connectivity index (χ0v) is 14.6. The molecule has 122 valence electrons. The first-order valence-electron chi connectivity index (χ1n) is 6.54. The minimum atomic E-state index is -3.63. The molecule has 8 heteroatoms. The molecular weight excluding hydrogens is 387 g/mol. The average molecular weight is 401 g/mol. The van der Waals surface area contributed by atoms with Crippen LogP contribution >= 0.6 is 15.9 Å². The molecule has 0 aromatic heterocycles. The normalized spacial score (nSPS) is 11.1. The van der Waals surface area contributed by atoms with Gasteiger partial charge >= 0.3 is 0 Å². The van der Waals surface area contributed by atoms with Crippen molar-refractivity contribution in [3.05, 3.63) is 58.8 Å².